The van der Waals surface area contributed by atoms with Crippen molar-refractivity contribution in [3.05, 3.63) is 23.8 Å². The number of rotatable bonds is 8. The van der Waals surface area contributed by atoms with Crippen molar-refractivity contribution in [1.29, 1.82) is 0 Å². The van der Waals surface area contributed by atoms with Gasteiger partial charge in [0.05, 0.1) is 6.61 Å². The summed E-state index contributed by atoms with van der Waals surface area (Å²) in [5.41, 5.74) is 6.41. The minimum Gasteiger partial charge on any atom is -0.490 e. The van der Waals surface area contributed by atoms with Crippen LogP contribution in [0.2, 0.25) is 0 Å². The number of benzene rings is 1. The van der Waals surface area contributed by atoms with E-state index in [0.717, 1.165) is 12.1 Å². The second-order valence-corrected chi connectivity index (χ2v) is 6.44. The number of carbonyl (C=O) groups is 1. The van der Waals surface area contributed by atoms with E-state index in [1.807, 2.05) is 25.1 Å². The third kappa shape index (κ3) is 5.93. The van der Waals surface area contributed by atoms with Crippen LogP contribution in [0.1, 0.15) is 40.2 Å². The molecule has 0 aliphatic carbocycles. The van der Waals surface area contributed by atoms with Gasteiger partial charge in [-0.2, -0.15) is 0 Å². The summed E-state index contributed by atoms with van der Waals surface area (Å²) in [6, 6.07) is 6.09. The van der Waals surface area contributed by atoms with Gasteiger partial charge < -0.3 is 20.5 Å². The molecule has 3 N–H and O–H groups in total. The minimum atomic E-state index is -0.507. The maximum atomic E-state index is 10.8. The van der Waals surface area contributed by atoms with Crippen molar-refractivity contribution in [2.24, 2.45) is 11.1 Å². The largest absolute Gasteiger partial charge is 0.490 e. The van der Waals surface area contributed by atoms with E-state index < -0.39 is 5.91 Å². The molecular formula is C17H28N2O3. The molecule has 1 aromatic carbocycles. The zero-order chi connectivity index (χ0) is 16.8. The first-order chi connectivity index (χ1) is 10.2. The van der Waals surface area contributed by atoms with Gasteiger partial charge in [0.25, 0.3) is 5.91 Å². The van der Waals surface area contributed by atoms with Crippen LogP contribution in [0.4, 0.5) is 0 Å². The fourth-order valence-electron chi connectivity index (χ4n) is 1.78. The SMILES string of the molecule is CCOc1cc(CN[C@H](C)C(C)(C)C)ccc1OCC(N)=O. The summed E-state index contributed by atoms with van der Waals surface area (Å²) < 4.78 is 10.9. The van der Waals surface area contributed by atoms with Crippen molar-refractivity contribution in [2.45, 2.75) is 47.2 Å². The highest BCUT2D eigenvalue weighted by atomic mass is 16.5. The van der Waals surface area contributed by atoms with E-state index in [2.05, 4.69) is 33.0 Å². The maximum Gasteiger partial charge on any atom is 0.255 e. The molecule has 1 amide bonds. The molecule has 1 aromatic rings. The molecule has 0 aliphatic rings. The van der Waals surface area contributed by atoms with E-state index >= 15 is 0 Å². The van der Waals surface area contributed by atoms with Gasteiger partial charge in [-0.3, -0.25) is 4.79 Å². The summed E-state index contributed by atoms with van der Waals surface area (Å²) >= 11 is 0. The van der Waals surface area contributed by atoms with Crippen molar-refractivity contribution in [2.75, 3.05) is 13.2 Å². The second kappa shape index (κ2) is 8.03. The molecule has 0 saturated carbocycles. The van der Waals surface area contributed by atoms with Crippen molar-refractivity contribution < 1.29 is 14.3 Å². The molecule has 0 fully saturated rings. The monoisotopic (exact) mass is 308 g/mol. The lowest BCUT2D eigenvalue weighted by atomic mass is 9.88. The Bertz CT molecular complexity index is 495. The average Bonchev–Trinajstić information content (AvgIpc) is 2.42. The molecule has 0 saturated heterocycles. The summed E-state index contributed by atoms with van der Waals surface area (Å²) in [6.07, 6.45) is 0. The number of ether oxygens (including phenoxy) is 2. The van der Waals surface area contributed by atoms with Gasteiger partial charge in [-0.25, -0.2) is 0 Å². The number of hydrogen-bond acceptors (Lipinski definition) is 4. The Morgan fingerprint density at radius 2 is 1.95 bits per heavy atom. The molecule has 0 radical (unpaired) electrons. The van der Waals surface area contributed by atoms with Gasteiger partial charge in [0.15, 0.2) is 18.1 Å². The van der Waals surface area contributed by atoms with E-state index in [4.69, 9.17) is 15.2 Å². The van der Waals surface area contributed by atoms with E-state index in [1.54, 1.807) is 0 Å². The number of hydrogen-bond donors (Lipinski definition) is 2. The Morgan fingerprint density at radius 1 is 1.27 bits per heavy atom. The number of nitrogens with one attached hydrogen (secondary N) is 1. The molecule has 124 valence electrons. The van der Waals surface area contributed by atoms with Gasteiger partial charge in [0, 0.05) is 12.6 Å². The smallest absolute Gasteiger partial charge is 0.255 e. The lowest BCUT2D eigenvalue weighted by Crippen LogP contribution is -2.37. The Morgan fingerprint density at radius 3 is 2.50 bits per heavy atom. The molecule has 0 unspecified atom stereocenters. The summed E-state index contributed by atoms with van der Waals surface area (Å²) in [6.45, 7) is 11.8. The number of primary amides is 1. The lowest BCUT2D eigenvalue weighted by molar-refractivity contribution is -0.119. The maximum absolute atomic E-state index is 10.8. The molecule has 5 nitrogen and oxygen atoms in total. The molecular weight excluding hydrogens is 280 g/mol. The van der Waals surface area contributed by atoms with Crippen LogP contribution in [-0.4, -0.2) is 25.2 Å². The minimum absolute atomic E-state index is 0.154. The van der Waals surface area contributed by atoms with Crippen molar-refractivity contribution in [3.8, 4) is 11.5 Å². The molecule has 0 aromatic heterocycles. The predicted molar refractivity (Wildman–Crippen MR) is 88.1 cm³/mol. The first kappa shape index (κ1) is 18.3. The molecule has 0 heterocycles. The van der Waals surface area contributed by atoms with Gasteiger partial charge in [0.2, 0.25) is 0 Å². The standard InChI is InChI=1S/C17H28N2O3/c1-6-21-15-9-13(10-19-12(2)17(3,4)5)7-8-14(15)22-11-16(18)20/h7-9,12,19H,6,10-11H2,1-5H3,(H2,18,20)/t12-/m1/s1. The topological polar surface area (TPSA) is 73.6 Å². The quantitative estimate of drug-likeness (QED) is 0.774. The van der Waals surface area contributed by atoms with E-state index in [9.17, 15) is 4.79 Å². The van der Waals surface area contributed by atoms with Crippen LogP contribution in [0.15, 0.2) is 18.2 Å². The first-order valence-electron chi connectivity index (χ1n) is 7.64. The summed E-state index contributed by atoms with van der Waals surface area (Å²) in [5, 5.41) is 3.51. The van der Waals surface area contributed by atoms with Crippen LogP contribution in [0.25, 0.3) is 0 Å². The van der Waals surface area contributed by atoms with Crippen LogP contribution in [0.5, 0.6) is 11.5 Å². The molecule has 5 heteroatoms. The normalized spacial score (nSPS) is 12.8. The molecule has 22 heavy (non-hydrogen) atoms. The van der Waals surface area contributed by atoms with Crippen LogP contribution in [0, 0.1) is 5.41 Å². The molecule has 1 rings (SSSR count). The lowest BCUT2D eigenvalue weighted by Gasteiger charge is -2.28. The van der Waals surface area contributed by atoms with E-state index in [-0.39, 0.29) is 12.0 Å². The number of nitrogens with two attached hydrogens (primary N) is 1. The second-order valence-electron chi connectivity index (χ2n) is 6.44. The highest BCUT2D eigenvalue weighted by molar-refractivity contribution is 5.75. The highest BCUT2D eigenvalue weighted by Crippen LogP contribution is 2.29. The van der Waals surface area contributed by atoms with Crippen LogP contribution >= 0.6 is 0 Å². The molecule has 0 spiro atoms. The summed E-state index contributed by atoms with van der Waals surface area (Å²) in [7, 11) is 0. The molecule has 1 atom stereocenters. The van der Waals surface area contributed by atoms with Gasteiger partial charge in [0.1, 0.15) is 0 Å². The van der Waals surface area contributed by atoms with Crippen molar-refractivity contribution in [3.63, 3.8) is 0 Å². The zero-order valence-corrected chi connectivity index (χ0v) is 14.2. The summed E-state index contributed by atoms with van der Waals surface area (Å²) in [5.74, 6) is 0.659. The first-order valence-corrected chi connectivity index (χ1v) is 7.64. The fourth-order valence-corrected chi connectivity index (χ4v) is 1.78. The third-order valence-corrected chi connectivity index (χ3v) is 3.59. The Balaban J connectivity index is 2.77. The Hall–Kier alpha value is -1.75. The van der Waals surface area contributed by atoms with E-state index in [1.165, 1.54) is 0 Å². The van der Waals surface area contributed by atoms with Gasteiger partial charge in [-0.05, 0) is 37.0 Å². The fraction of sp³-hybridized carbons (Fsp3) is 0.588. The van der Waals surface area contributed by atoms with Gasteiger partial charge >= 0.3 is 0 Å². The van der Waals surface area contributed by atoms with Crippen LogP contribution < -0.4 is 20.5 Å². The Kier molecular flexibility index (Phi) is 6.68. The van der Waals surface area contributed by atoms with E-state index in [0.29, 0.717) is 24.1 Å². The predicted octanol–water partition coefficient (Wildman–Crippen LogP) is 2.47. The average molecular weight is 308 g/mol. The molecule has 0 bridgehead atoms. The zero-order valence-electron chi connectivity index (χ0n) is 14.2. The number of amides is 1. The third-order valence-electron chi connectivity index (χ3n) is 3.59. The highest BCUT2D eigenvalue weighted by Gasteiger charge is 2.19. The number of carbonyl (C=O) groups excluding carboxylic acids is 1. The van der Waals surface area contributed by atoms with Crippen LogP contribution in [0.3, 0.4) is 0 Å². The molecule has 0 aliphatic heterocycles. The van der Waals surface area contributed by atoms with Gasteiger partial charge in [-0.1, -0.05) is 26.8 Å². The summed E-state index contributed by atoms with van der Waals surface area (Å²) in [4.78, 5) is 10.8. The van der Waals surface area contributed by atoms with Crippen molar-refractivity contribution >= 4 is 5.91 Å². The Labute approximate surface area is 133 Å². The van der Waals surface area contributed by atoms with Crippen molar-refractivity contribution in [1.82, 2.24) is 5.32 Å². The van der Waals surface area contributed by atoms with Crippen LogP contribution in [-0.2, 0) is 11.3 Å². The van der Waals surface area contributed by atoms with Gasteiger partial charge in [-0.15, -0.1) is 0 Å².